The number of nitrogens with zero attached hydrogens (tertiary/aromatic N) is 3. The molecule has 43 heavy (non-hydrogen) atoms. The molecule has 4 aromatic rings. The summed E-state index contributed by atoms with van der Waals surface area (Å²) in [4.78, 5) is 32.7. The number of hydrogen-bond donors (Lipinski definition) is 2. The van der Waals surface area contributed by atoms with Gasteiger partial charge in [-0.1, -0.05) is 18.2 Å². The molecule has 1 aromatic heterocycles. The van der Waals surface area contributed by atoms with Crippen LogP contribution in [0.5, 0.6) is 5.75 Å². The first-order valence-electron chi connectivity index (χ1n) is 12.9. The van der Waals surface area contributed by atoms with Crippen molar-refractivity contribution in [3.8, 4) is 5.75 Å². The molecule has 0 saturated carbocycles. The molecule has 1 unspecified atom stereocenters. The molecule has 0 aliphatic heterocycles. The van der Waals surface area contributed by atoms with Crippen molar-refractivity contribution < 1.29 is 31.9 Å². The van der Waals surface area contributed by atoms with Gasteiger partial charge in [-0.3, -0.25) is 14.6 Å². The van der Waals surface area contributed by atoms with Crippen LogP contribution in [0.2, 0.25) is 0 Å². The smallest absolute Gasteiger partial charge is 0.406 e. The summed E-state index contributed by atoms with van der Waals surface area (Å²) in [5.41, 5.74) is 3.54. The Labute approximate surface area is 249 Å². The van der Waals surface area contributed by atoms with E-state index in [1.165, 1.54) is 59.4 Å². The number of aromatic nitrogens is 1. The van der Waals surface area contributed by atoms with Crippen LogP contribution in [0.25, 0.3) is 10.9 Å². The molecule has 3 aromatic carbocycles. The summed E-state index contributed by atoms with van der Waals surface area (Å²) in [6, 6.07) is 18.1. The first-order chi connectivity index (χ1) is 20.5. The Kier molecular flexibility index (Phi) is 10.2. The third-order valence-electron chi connectivity index (χ3n) is 6.03. The molecule has 0 bridgehead atoms. The van der Waals surface area contributed by atoms with Crippen molar-refractivity contribution in [3.05, 3.63) is 95.9 Å². The van der Waals surface area contributed by atoms with E-state index in [4.69, 9.17) is 0 Å². The first-order valence-corrected chi connectivity index (χ1v) is 13.9. The number of anilines is 1. The molecule has 0 fully saturated rings. The second kappa shape index (κ2) is 14.0. The van der Waals surface area contributed by atoms with Crippen LogP contribution in [0.15, 0.2) is 89.0 Å². The highest BCUT2D eigenvalue weighted by atomic mass is 32.2. The highest BCUT2D eigenvalue weighted by Crippen LogP contribution is 2.30. The lowest BCUT2D eigenvalue weighted by molar-refractivity contribution is -0.274. The summed E-state index contributed by atoms with van der Waals surface area (Å²) >= 11 is 1.53. The van der Waals surface area contributed by atoms with Gasteiger partial charge in [0.1, 0.15) is 11.6 Å². The second-order valence-corrected chi connectivity index (χ2v) is 10.6. The van der Waals surface area contributed by atoms with Crippen molar-refractivity contribution in [2.45, 2.75) is 23.7 Å². The monoisotopic (exact) mass is 613 g/mol. The molecule has 1 heterocycles. The van der Waals surface area contributed by atoms with E-state index in [1.807, 2.05) is 30.3 Å². The Bertz CT molecular complexity index is 1600. The minimum atomic E-state index is -4.81. The van der Waals surface area contributed by atoms with E-state index in [9.17, 15) is 27.2 Å². The summed E-state index contributed by atoms with van der Waals surface area (Å²) < 4.78 is 55.1. The van der Waals surface area contributed by atoms with Crippen molar-refractivity contribution in [1.82, 2.24) is 15.3 Å². The number of benzene rings is 3. The number of ether oxygens (including phenoxy) is 1. The fraction of sp³-hybridized carbons (Fsp3) is 0.200. The van der Waals surface area contributed by atoms with Crippen molar-refractivity contribution in [2.24, 2.45) is 5.10 Å². The first kappa shape index (κ1) is 31.3. The zero-order valence-corrected chi connectivity index (χ0v) is 23.9. The number of rotatable bonds is 11. The van der Waals surface area contributed by atoms with Gasteiger partial charge < -0.3 is 15.0 Å². The Hall–Kier alpha value is -4.65. The Morgan fingerprint density at radius 1 is 1.07 bits per heavy atom. The number of thioether (sulfide) groups is 1. The lowest BCUT2D eigenvalue weighted by Gasteiger charge is -2.23. The van der Waals surface area contributed by atoms with Gasteiger partial charge in [-0.05, 0) is 54.1 Å². The van der Waals surface area contributed by atoms with E-state index < -0.39 is 29.9 Å². The van der Waals surface area contributed by atoms with Crippen LogP contribution in [0.3, 0.4) is 0 Å². The number of amides is 2. The molecular formula is C30H27F4N5O3S. The zero-order chi connectivity index (χ0) is 31.0. The molecule has 2 amide bonds. The molecule has 0 radical (unpaired) electrons. The van der Waals surface area contributed by atoms with Gasteiger partial charge in [-0.25, -0.2) is 9.82 Å². The Balaban J connectivity index is 1.59. The molecule has 8 nitrogen and oxygen atoms in total. The summed E-state index contributed by atoms with van der Waals surface area (Å²) in [5, 5.41) is 7.71. The minimum absolute atomic E-state index is 0.0946. The lowest BCUT2D eigenvalue weighted by atomic mass is 10.1. The van der Waals surface area contributed by atoms with E-state index in [1.54, 1.807) is 14.1 Å². The summed E-state index contributed by atoms with van der Waals surface area (Å²) in [6.45, 7) is 0. The predicted octanol–water partition coefficient (Wildman–Crippen LogP) is 6.09. The lowest BCUT2D eigenvalue weighted by Crippen LogP contribution is -2.33. The number of hydrazone groups is 1. The number of carbonyl (C=O) groups is 2. The molecule has 4 rings (SSSR count). The van der Waals surface area contributed by atoms with E-state index in [2.05, 4.69) is 25.6 Å². The normalized spacial score (nSPS) is 12.2. The highest BCUT2D eigenvalue weighted by Gasteiger charge is 2.31. The van der Waals surface area contributed by atoms with Crippen LogP contribution in [-0.4, -0.2) is 60.2 Å². The third-order valence-corrected chi connectivity index (χ3v) is 7.21. The largest absolute Gasteiger partial charge is 0.573 e. The molecule has 0 saturated heterocycles. The van der Waals surface area contributed by atoms with Gasteiger partial charge in [0.15, 0.2) is 0 Å². The summed E-state index contributed by atoms with van der Waals surface area (Å²) in [7, 11) is 3.31. The number of halogens is 4. The molecule has 0 aliphatic rings. The molecular weight excluding hydrogens is 586 g/mol. The maximum Gasteiger partial charge on any atom is 0.573 e. The molecule has 224 valence electrons. The standard InChI is InChI=1S/C30H27F4N5O3S/c1-39(2)27(40)15-21(18-43-23-6-4-3-5-7-23)37-28-24-13-10-20(31)14-26(24)35-17-25(28)29(41)38-36-16-19-8-11-22(12-9-19)42-30(32,33)34/h3-14,16-17,21H,15,18H2,1-2H3,(H,35,37)(H,38,41)/b36-16+. The maximum atomic E-state index is 14.0. The van der Waals surface area contributed by atoms with Crippen molar-refractivity contribution in [3.63, 3.8) is 0 Å². The number of fused-ring (bicyclic) bond motifs is 1. The van der Waals surface area contributed by atoms with Crippen LogP contribution in [0.4, 0.5) is 23.2 Å². The number of carbonyl (C=O) groups excluding carboxylic acids is 2. The fourth-order valence-corrected chi connectivity index (χ4v) is 4.88. The van der Waals surface area contributed by atoms with Crippen LogP contribution < -0.4 is 15.5 Å². The van der Waals surface area contributed by atoms with Gasteiger partial charge in [0, 0.05) is 54.9 Å². The number of hydrogen-bond acceptors (Lipinski definition) is 7. The van der Waals surface area contributed by atoms with E-state index in [-0.39, 0.29) is 17.9 Å². The van der Waals surface area contributed by atoms with Gasteiger partial charge in [0.05, 0.1) is 23.0 Å². The van der Waals surface area contributed by atoms with E-state index in [0.29, 0.717) is 27.9 Å². The van der Waals surface area contributed by atoms with Crippen LogP contribution >= 0.6 is 11.8 Å². The number of pyridine rings is 1. The number of nitrogens with one attached hydrogen (secondary N) is 2. The quantitative estimate of drug-likeness (QED) is 0.0921. The van der Waals surface area contributed by atoms with E-state index >= 15 is 0 Å². The molecule has 0 aliphatic carbocycles. The number of alkyl halides is 3. The minimum Gasteiger partial charge on any atom is -0.406 e. The third kappa shape index (κ3) is 9.17. The van der Waals surface area contributed by atoms with Crippen LogP contribution in [0.1, 0.15) is 22.3 Å². The molecule has 1 atom stereocenters. The van der Waals surface area contributed by atoms with Crippen LogP contribution in [-0.2, 0) is 4.79 Å². The average molecular weight is 614 g/mol. The molecule has 2 N–H and O–H groups in total. The predicted molar refractivity (Wildman–Crippen MR) is 158 cm³/mol. The van der Waals surface area contributed by atoms with Gasteiger partial charge in [0.25, 0.3) is 5.91 Å². The Morgan fingerprint density at radius 2 is 1.79 bits per heavy atom. The van der Waals surface area contributed by atoms with Gasteiger partial charge in [-0.15, -0.1) is 24.9 Å². The van der Waals surface area contributed by atoms with Crippen molar-refractivity contribution in [2.75, 3.05) is 25.2 Å². The van der Waals surface area contributed by atoms with Crippen molar-refractivity contribution >= 4 is 46.4 Å². The molecule has 13 heteroatoms. The highest BCUT2D eigenvalue weighted by molar-refractivity contribution is 7.99. The van der Waals surface area contributed by atoms with Gasteiger partial charge >= 0.3 is 6.36 Å². The van der Waals surface area contributed by atoms with Gasteiger partial charge in [-0.2, -0.15) is 5.10 Å². The SMILES string of the molecule is CN(C)C(=O)CC(CSc1ccccc1)Nc1c(C(=O)N/N=C/c2ccc(OC(F)(F)F)cc2)cnc2cc(F)ccc12. The average Bonchev–Trinajstić information content (AvgIpc) is 2.96. The fourth-order valence-electron chi connectivity index (χ4n) is 3.94. The van der Waals surface area contributed by atoms with Crippen molar-refractivity contribution in [1.29, 1.82) is 0 Å². The summed E-state index contributed by atoms with van der Waals surface area (Å²) in [6.07, 6.45) is -2.16. The summed E-state index contributed by atoms with van der Waals surface area (Å²) in [5.74, 6) is -1.20. The Morgan fingerprint density at radius 3 is 2.47 bits per heavy atom. The van der Waals surface area contributed by atoms with Crippen LogP contribution in [0, 0.1) is 5.82 Å². The molecule has 0 spiro atoms. The topological polar surface area (TPSA) is 95.9 Å². The van der Waals surface area contributed by atoms with Gasteiger partial charge in [0.2, 0.25) is 5.91 Å². The second-order valence-electron chi connectivity index (χ2n) is 9.48. The zero-order valence-electron chi connectivity index (χ0n) is 23.1. The van der Waals surface area contributed by atoms with E-state index in [0.717, 1.165) is 17.0 Å². The maximum absolute atomic E-state index is 14.0.